The van der Waals surface area contributed by atoms with E-state index in [-0.39, 0.29) is 6.10 Å². The fourth-order valence-corrected chi connectivity index (χ4v) is 2.82. The van der Waals surface area contributed by atoms with Crippen molar-refractivity contribution in [2.45, 2.75) is 40.2 Å². The highest BCUT2D eigenvalue weighted by molar-refractivity contribution is 5.66. The fourth-order valence-electron chi connectivity index (χ4n) is 2.82. The lowest BCUT2D eigenvalue weighted by Crippen LogP contribution is -2.08. The molecule has 0 spiro atoms. The number of aryl methyl sites for hydroxylation is 2. The van der Waals surface area contributed by atoms with Gasteiger partial charge in [0.15, 0.2) is 0 Å². The van der Waals surface area contributed by atoms with Crippen molar-refractivity contribution >= 4 is 23.1 Å². The molecule has 0 aliphatic carbocycles. The van der Waals surface area contributed by atoms with Gasteiger partial charge in [0, 0.05) is 17.4 Å². The van der Waals surface area contributed by atoms with Crippen molar-refractivity contribution in [3.8, 4) is 5.75 Å². The van der Waals surface area contributed by atoms with Gasteiger partial charge in [0.25, 0.3) is 0 Å². The summed E-state index contributed by atoms with van der Waals surface area (Å²) in [4.78, 5) is 9.15. The lowest BCUT2D eigenvalue weighted by molar-refractivity contribution is 0.244. The third-order valence-corrected chi connectivity index (χ3v) is 4.01. The highest BCUT2D eigenvalue weighted by atomic mass is 16.5. The zero-order chi connectivity index (χ0) is 19.2. The molecule has 3 rings (SSSR count). The molecule has 0 aliphatic rings. The van der Waals surface area contributed by atoms with Crippen LogP contribution in [0.3, 0.4) is 0 Å². The van der Waals surface area contributed by atoms with E-state index in [1.165, 1.54) is 5.56 Å². The average Bonchev–Trinajstić information content (AvgIpc) is 2.63. The van der Waals surface area contributed by atoms with E-state index in [4.69, 9.17) is 4.74 Å². The highest BCUT2D eigenvalue weighted by Gasteiger charge is 2.09. The van der Waals surface area contributed by atoms with Gasteiger partial charge in [0.05, 0.1) is 11.8 Å². The number of nitrogens with one attached hydrogen (secondary N) is 2. The Morgan fingerprint density at radius 1 is 0.926 bits per heavy atom. The fraction of sp³-hybridized carbons (Fsp3) is 0.273. The van der Waals surface area contributed by atoms with E-state index in [0.29, 0.717) is 5.95 Å². The summed E-state index contributed by atoms with van der Waals surface area (Å²) in [5.41, 5.74) is 4.02. The Hall–Kier alpha value is -3.08. The maximum Gasteiger partial charge on any atom is 0.229 e. The molecule has 0 amide bonds. The molecule has 0 saturated carbocycles. The summed E-state index contributed by atoms with van der Waals surface area (Å²) in [6.07, 6.45) is 1.04. The second kappa shape index (κ2) is 8.54. The third-order valence-electron chi connectivity index (χ3n) is 4.01. The first-order valence-electron chi connectivity index (χ1n) is 9.28. The quantitative estimate of drug-likeness (QED) is 0.571. The summed E-state index contributed by atoms with van der Waals surface area (Å²) in [7, 11) is 0. The van der Waals surface area contributed by atoms with Crippen LogP contribution < -0.4 is 15.4 Å². The zero-order valence-corrected chi connectivity index (χ0v) is 16.3. The monoisotopic (exact) mass is 362 g/mol. The maximum atomic E-state index is 5.88. The molecular formula is C22H26N4O. The summed E-state index contributed by atoms with van der Waals surface area (Å²) < 4.78 is 5.88. The van der Waals surface area contributed by atoms with Crippen molar-refractivity contribution in [2.75, 3.05) is 10.6 Å². The summed E-state index contributed by atoms with van der Waals surface area (Å²) >= 11 is 0. The molecule has 3 aromatic rings. The summed E-state index contributed by atoms with van der Waals surface area (Å²) in [6.45, 7) is 8.12. The number of hydrogen-bond acceptors (Lipinski definition) is 5. The number of nitrogens with zero attached hydrogens (tertiary/aromatic N) is 2. The molecule has 5 nitrogen and oxygen atoms in total. The van der Waals surface area contributed by atoms with Gasteiger partial charge < -0.3 is 15.4 Å². The first-order chi connectivity index (χ1) is 13.0. The summed E-state index contributed by atoms with van der Waals surface area (Å²) in [5.74, 6) is 2.09. The van der Waals surface area contributed by atoms with Crippen LogP contribution in [0.4, 0.5) is 23.1 Å². The van der Waals surface area contributed by atoms with E-state index >= 15 is 0 Å². The number of para-hydroxylation sites is 3. The summed E-state index contributed by atoms with van der Waals surface area (Å²) in [5, 5.41) is 6.70. The minimum Gasteiger partial charge on any atom is -0.489 e. The van der Waals surface area contributed by atoms with Crippen LogP contribution >= 0.6 is 0 Å². The van der Waals surface area contributed by atoms with E-state index in [2.05, 4.69) is 33.6 Å². The standard InChI is InChI=1S/C22H26N4O/c1-5-17-10-6-7-11-18(17)25-22-23-16(4)14-21(26-22)24-19-12-8-9-13-20(19)27-15(2)3/h6-15H,5H2,1-4H3,(H2,23,24,25,26). The molecule has 140 valence electrons. The largest absolute Gasteiger partial charge is 0.489 e. The van der Waals surface area contributed by atoms with Gasteiger partial charge in [-0.25, -0.2) is 4.98 Å². The van der Waals surface area contributed by atoms with Gasteiger partial charge in [-0.3, -0.25) is 0 Å². The number of anilines is 4. The molecule has 0 saturated heterocycles. The molecule has 2 aromatic carbocycles. The number of aromatic nitrogens is 2. The Kier molecular flexibility index (Phi) is 5.91. The predicted octanol–water partition coefficient (Wildman–Crippen LogP) is 5.62. The van der Waals surface area contributed by atoms with Crippen LogP contribution in [0.1, 0.15) is 32.0 Å². The first-order valence-corrected chi connectivity index (χ1v) is 9.28. The van der Waals surface area contributed by atoms with Gasteiger partial charge in [-0.1, -0.05) is 37.3 Å². The molecule has 0 aliphatic heterocycles. The van der Waals surface area contributed by atoms with Gasteiger partial charge >= 0.3 is 0 Å². The van der Waals surface area contributed by atoms with Gasteiger partial charge in [0.1, 0.15) is 11.6 Å². The predicted molar refractivity (Wildman–Crippen MR) is 111 cm³/mol. The van der Waals surface area contributed by atoms with E-state index in [9.17, 15) is 0 Å². The van der Waals surface area contributed by atoms with E-state index in [0.717, 1.165) is 35.1 Å². The van der Waals surface area contributed by atoms with Crippen LogP contribution in [-0.4, -0.2) is 16.1 Å². The Bertz CT molecular complexity index is 908. The van der Waals surface area contributed by atoms with Gasteiger partial charge in [-0.15, -0.1) is 0 Å². The van der Waals surface area contributed by atoms with Crippen LogP contribution in [0.2, 0.25) is 0 Å². The average molecular weight is 362 g/mol. The molecule has 2 N–H and O–H groups in total. The van der Waals surface area contributed by atoms with Crippen molar-refractivity contribution in [3.05, 3.63) is 65.9 Å². The second-order valence-corrected chi connectivity index (χ2v) is 6.64. The maximum absolute atomic E-state index is 5.88. The van der Waals surface area contributed by atoms with Crippen LogP contribution in [0.5, 0.6) is 5.75 Å². The van der Waals surface area contributed by atoms with E-state index < -0.39 is 0 Å². The molecule has 0 unspecified atom stereocenters. The lowest BCUT2D eigenvalue weighted by Gasteiger charge is -2.16. The van der Waals surface area contributed by atoms with Crippen LogP contribution in [0.25, 0.3) is 0 Å². The third kappa shape index (κ3) is 4.97. The summed E-state index contributed by atoms with van der Waals surface area (Å²) in [6, 6.07) is 18.0. The molecule has 27 heavy (non-hydrogen) atoms. The topological polar surface area (TPSA) is 59.1 Å². The first kappa shape index (κ1) is 18.7. The molecule has 1 heterocycles. The SMILES string of the molecule is CCc1ccccc1Nc1nc(C)cc(Nc2ccccc2OC(C)C)n1. The van der Waals surface area contributed by atoms with Crippen LogP contribution in [0, 0.1) is 6.92 Å². The van der Waals surface area contributed by atoms with Crippen LogP contribution in [-0.2, 0) is 6.42 Å². The molecule has 0 atom stereocenters. The van der Waals surface area contributed by atoms with Gasteiger partial charge in [0.2, 0.25) is 5.95 Å². The number of ether oxygens (including phenoxy) is 1. The minimum atomic E-state index is 0.0999. The Balaban J connectivity index is 1.86. The van der Waals surface area contributed by atoms with Crippen molar-refractivity contribution in [1.29, 1.82) is 0 Å². The molecule has 0 fully saturated rings. The van der Waals surface area contributed by atoms with Crippen molar-refractivity contribution in [2.24, 2.45) is 0 Å². The molecular weight excluding hydrogens is 336 g/mol. The van der Waals surface area contributed by atoms with Crippen LogP contribution in [0.15, 0.2) is 54.6 Å². The van der Waals surface area contributed by atoms with Gasteiger partial charge in [-0.05, 0) is 51.0 Å². The zero-order valence-electron chi connectivity index (χ0n) is 16.3. The number of rotatable bonds is 7. The molecule has 1 aromatic heterocycles. The smallest absolute Gasteiger partial charge is 0.229 e. The molecule has 0 bridgehead atoms. The Labute approximate surface area is 160 Å². The minimum absolute atomic E-state index is 0.0999. The van der Waals surface area contributed by atoms with Gasteiger partial charge in [-0.2, -0.15) is 4.98 Å². The lowest BCUT2D eigenvalue weighted by atomic mass is 10.1. The Morgan fingerprint density at radius 2 is 1.63 bits per heavy atom. The Morgan fingerprint density at radius 3 is 2.37 bits per heavy atom. The van der Waals surface area contributed by atoms with Crippen molar-refractivity contribution < 1.29 is 4.74 Å². The number of benzene rings is 2. The molecule has 5 heteroatoms. The normalized spacial score (nSPS) is 10.7. The van der Waals surface area contributed by atoms with Crippen molar-refractivity contribution in [1.82, 2.24) is 9.97 Å². The number of hydrogen-bond donors (Lipinski definition) is 2. The van der Waals surface area contributed by atoms with E-state index in [1.54, 1.807) is 0 Å². The van der Waals surface area contributed by atoms with Crippen molar-refractivity contribution in [3.63, 3.8) is 0 Å². The highest BCUT2D eigenvalue weighted by Crippen LogP contribution is 2.28. The van der Waals surface area contributed by atoms with E-state index in [1.807, 2.05) is 69.3 Å². The molecule has 0 radical (unpaired) electrons. The second-order valence-electron chi connectivity index (χ2n) is 6.64.